The second kappa shape index (κ2) is 6.71. The van der Waals surface area contributed by atoms with Gasteiger partial charge in [-0.3, -0.25) is 4.79 Å². The maximum atomic E-state index is 12.2. The summed E-state index contributed by atoms with van der Waals surface area (Å²) in [4.78, 5) is 23.2. The number of rotatable bonds is 6. The van der Waals surface area contributed by atoms with Crippen LogP contribution < -0.4 is 5.32 Å². The number of amides is 1. The lowest BCUT2D eigenvalue weighted by molar-refractivity contribution is -0.140. The third-order valence-electron chi connectivity index (χ3n) is 2.89. The second-order valence-corrected chi connectivity index (χ2v) is 4.35. The minimum Gasteiger partial charge on any atom is -0.480 e. The van der Waals surface area contributed by atoms with Crippen LogP contribution in [0.15, 0.2) is 47.1 Å². The summed E-state index contributed by atoms with van der Waals surface area (Å²) in [5.74, 6) is -1.69. The van der Waals surface area contributed by atoms with Gasteiger partial charge in [0, 0.05) is 12.7 Å². The fraction of sp³-hybridized carbons (Fsp3) is 0.200. The summed E-state index contributed by atoms with van der Waals surface area (Å²) in [5.41, 5.74) is 1.42. The number of aliphatic carboxylic acids is 1. The van der Waals surface area contributed by atoms with Gasteiger partial charge in [0.2, 0.25) is 0 Å². The number of carbonyl (C=O) groups is 2. The molecule has 21 heavy (non-hydrogen) atoms. The van der Waals surface area contributed by atoms with Crippen molar-refractivity contribution in [1.82, 2.24) is 5.32 Å². The van der Waals surface area contributed by atoms with Gasteiger partial charge < -0.3 is 19.6 Å². The van der Waals surface area contributed by atoms with E-state index in [9.17, 15) is 9.59 Å². The van der Waals surface area contributed by atoms with Gasteiger partial charge >= 0.3 is 5.97 Å². The molecule has 1 amide bonds. The lowest BCUT2D eigenvalue weighted by atomic mass is 10.1. The van der Waals surface area contributed by atoms with Crippen molar-refractivity contribution in [3.63, 3.8) is 0 Å². The van der Waals surface area contributed by atoms with Crippen LogP contribution in [-0.4, -0.2) is 36.7 Å². The molecule has 0 radical (unpaired) electrons. The largest absolute Gasteiger partial charge is 0.480 e. The highest BCUT2D eigenvalue weighted by atomic mass is 16.5. The Morgan fingerprint density at radius 3 is 2.62 bits per heavy atom. The lowest BCUT2D eigenvalue weighted by Gasteiger charge is -2.13. The van der Waals surface area contributed by atoms with Gasteiger partial charge in [-0.05, 0) is 11.6 Å². The summed E-state index contributed by atoms with van der Waals surface area (Å²) in [7, 11) is 1.37. The quantitative estimate of drug-likeness (QED) is 0.846. The number of ether oxygens (including phenoxy) is 1. The van der Waals surface area contributed by atoms with Crippen molar-refractivity contribution < 1.29 is 23.8 Å². The van der Waals surface area contributed by atoms with E-state index in [1.54, 1.807) is 6.07 Å². The van der Waals surface area contributed by atoms with Crippen LogP contribution in [0, 0.1) is 0 Å². The molecule has 1 atom stereocenters. The molecule has 0 aliphatic rings. The highest BCUT2D eigenvalue weighted by molar-refractivity contribution is 5.99. The van der Waals surface area contributed by atoms with Gasteiger partial charge in [-0.1, -0.05) is 30.3 Å². The number of benzene rings is 1. The number of carbonyl (C=O) groups excluding carboxylic acids is 1. The Hall–Kier alpha value is -2.60. The van der Waals surface area contributed by atoms with E-state index in [-0.39, 0.29) is 12.4 Å². The number of carboxylic acids is 1. The topological polar surface area (TPSA) is 88.8 Å². The molecule has 0 saturated heterocycles. The Morgan fingerprint density at radius 2 is 2.00 bits per heavy atom. The maximum Gasteiger partial charge on any atom is 0.328 e. The maximum absolute atomic E-state index is 12.2. The van der Waals surface area contributed by atoms with Gasteiger partial charge in [0.1, 0.15) is 0 Å². The zero-order chi connectivity index (χ0) is 15.2. The van der Waals surface area contributed by atoms with Crippen molar-refractivity contribution in [2.45, 2.75) is 6.04 Å². The second-order valence-electron chi connectivity index (χ2n) is 4.35. The van der Waals surface area contributed by atoms with Crippen LogP contribution in [0.5, 0.6) is 0 Å². The summed E-state index contributed by atoms with van der Waals surface area (Å²) in [6.45, 7) is -0.123. The fourth-order valence-corrected chi connectivity index (χ4v) is 1.90. The van der Waals surface area contributed by atoms with Crippen molar-refractivity contribution in [3.05, 3.63) is 48.4 Å². The zero-order valence-electron chi connectivity index (χ0n) is 11.4. The summed E-state index contributed by atoms with van der Waals surface area (Å²) >= 11 is 0. The number of carboxylic acid groups (broad SMARTS) is 1. The van der Waals surface area contributed by atoms with E-state index in [1.165, 1.54) is 13.4 Å². The Labute approximate surface area is 121 Å². The molecule has 6 heteroatoms. The van der Waals surface area contributed by atoms with Gasteiger partial charge in [-0.2, -0.15) is 0 Å². The molecule has 110 valence electrons. The van der Waals surface area contributed by atoms with Crippen LogP contribution in [0.2, 0.25) is 0 Å². The molecule has 1 aromatic heterocycles. The predicted octanol–water partition coefficient (Wildman–Crippen LogP) is 1.78. The van der Waals surface area contributed by atoms with Crippen molar-refractivity contribution in [3.8, 4) is 11.1 Å². The molecule has 0 spiro atoms. The molecule has 0 bridgehead atoms. The van der Waals surface area contributed by atoms with Crippen LogP contribution in [-0.2, 0) is 9.53 Å². The van der Waals surface area contributed by atoms with E-state index in [2.05, 4.69) is 5.32 Å². The van der Waals surface area contributed by atoms with Crippen LogP contribution in [0.25, 0.3) is 11.1 Å². The van der Waals surface area contributed by atoms with Crippen LogP contribution in [0.1, 0.15) is 10.6 Å². The number of furan rings is 1. The first-order valence-corrected chi connectivity index (χ1v) is 6.29. The van der Waals surface area contributed by atoms with Crippen molar-refractivity contribution in [1.29, 1.82) is 0 Å². The van der Waals surface area contributed by atoms with Crippen LogP contribution >= 0.6 is 0 Å². The number of hydrogen-bond donors (Lipinski definition) is 2. The Kier molecular flexibility index (Phi) is 4.73. The molecule has 1 aromatic carbocycles. The molecule has 0 aliphatic heterocycles. The van der Waals surface area contributed by atoms with E-state index in [0.29, 0.717) is 5.56 Å². The molecular weight excluding hydrogens is 274 g/mol. The minimum atomic E-state index is -1.17. The Balaban J connectivity index is 2.21. The molecule has 2 rings (SSSR count). The first-order valence-electron chi connectivity index (χ1n) is 6.29. The molecule has 2 aromatic rings. The van der Waals surface area contributed by atoms with Gasteiger partial charge in [-0.25, -0.2) is 4.79 Å². The van der Waals surface area contributed by atoms with E-state index in [0.717, 1.165) is 5.56 Å². The van der Waals surface area contributed by atoms with Gasteiger partial charge in [-0.15, -0.1) is 0 Å². The number of methoxy groups -OCH3 is 1. The monoisotopic (exact) mass is 289 g/mol. The average Bonchev–Trinajstić information content (AvgIpc) is 2.97. The Morgan fingerprint density at radius 1 is 1.29 bits per heavy atom. The third kappa shape index (κ3) is 3.49. The lowest BCUT2D eigenvalue weighted by Crippen LogP contribution is -2.43. The van der Waals surface area contributed by atoms with Crippen molar-refractivity contribution in [2.24, 2.45) is 0 Å². The van der Waals surface area contributed by atoms with E-state index < -0.39 is 17.9 Å². The zero-order valence-corrected chi connectivity index (χ0v) is 11.4. The van der Waals surface area contributed by atoms with E-state index in [4.69, 9.17) is 14.3 Å². The smallest absolute Gasteiger partial charge is 0.328 e. The first kappa shape index (κ1) is 14.8. The normalized spacial score (nSPS) is 11.9. The molecule has 0 saturated carbocycles. The van der Waals surface area contributed by atoms with E-state index >= 15 is 0 Å². The van der Waals surface area contributed by atoms with E-state index in [1.807, 2.05) is 30.3 Å². The molecule has 1 unspecified atom stereocenters. The predicted molar refractivity (Wildman–Crippen MR) is 74.9 cm³/mol. The van der Waals surface area contributed by atoms with Gasteiger partial charge in [0.25, 0.3) is 5.91 Å². The standard InChI is InChI=1S/C15H15NO5/c1-20-9-12(15(18)19)16-14(17)13-11(7-8-21-13)10-5-3-2-4-6-10/h2-8,12H,9H2,1H3,(H,16,17)(H,18,19). The van der Waals surface area contributed by atoms with Crippen molar-refractivity contribution >= 4 is 11.9 Å². The fourth-order valence-electron chi connectivity index (χ4n) is 1.90. The molecule has 0 aliphatic carbocycles. The highest BCUT2D eigenvalue weighted by Gasteiger charge is 2.24. The first-order chi connectivity index (χ1) is 10.1. The molecule has 1 heterocycles. The average molecular weight is 289 g/mol. The summed E-state index contributed by atoms with van der Waals surface area (Å²) < 4.78 is 9.97. The molecule has 0 fully saturated rings. The summed E-state index contributed by atoms with van der Waals surface area (Å²) in [5, 5.41) is 11.4. The molecule has 6 nitrogen and oxygen atoms in total. The minimum absolute atomic E-state index is 0.0727. The summed E-state index contributed by atoms with van der Waals surface area (Å²) in [6, 6.07) is 9.76. The highest BCUT2D eigenvalue weighted by Crippen LogP contribution is 2.24. The summed E-state index contributed by atoms with van der Waals surface area (Å²) in [6.07, 6.45) is 1.39. The van der Waals surface area contributed by atoms with Gasteiger partial charge in [0.05, 0.1) is 12.9 Å². The molecular formula is C15H15NO5. The Bertz CT molecular complexity index is 620. The third-order valence-corrected chi connectivity index (χ3v) is 2.89. The molecule has 2 N–H and O–H groups in total. The number of hydrogen-bond acceptors (Lipinski definition) is 4. The van der Waals surface area contributed by atoms with Gasteiger partial charge in [0.15, 0.2) is 11.8 Å². The SMILES string of the molecule is COCC(NC(=O)c1occc1-c1ccccc1)C(=O)O. The van der Waals surface area contributed by atoms with Crippen molar-refractivity contribution in [2.75, 3.05) is 13.7 Å². The number of nitrogens with one attached hydrogen (secondary N) is 1. The van der Waals surface area contributed by atoms with Crippen LogP contribution in [0.3, 0.4) is 0 Å². The van der Waals surface area contributed by atoms with Crippen LogP contribution in [0.4, 0.5) is 0 Å².